The smallest absolute Gasteiger partial charge is 0.449 e. The number of aromatic hydroxyl groups is 1. The lowest BCUT2D eigenvalue weighted by Crippen LogP contribution is -2.21. The van der Waals surface area contributed by atoms with Crippen LogP contribution in [0.4, 0.5) is 0 Å². The standard InChI is InChI=1S/C16H22O7S/c1-5-21-15(18)9-7-12-6-8-13(17)14(10-12)23-24(19,20)22-11-16(2,3)4/h6-10,17H,5,11H2,1-4H3/b9-7+. The summed E-state index contributed by atoms with van der Waals surface area (Å²) in [4.78, 5) is 11.3. The van der Waals surface area contributed by atoms with Gasteiger partial charge in [0.1, 0.15) is 0 Å². The van der Waals surface area contributed by atoms with Crippen molar-refractivity contribution in [1.82, 2.24) is 0 Å². The second kappa shape index (κ2) is 8.16. The predicted octanol–water partition coefficient (Wildman–Crippen LogP) is 2.65. The normalized spacial score (nSPS) is 12.3. The van der Waals surface area contributed by atoms with Crippen LogP contribution in [0.15, 0.2) is 24.3 Å². The van der Waals surface area contributed by atoms with Crippen molar-refractivity contribution >= 4 is 22.4 Å². The summed E-state index contributed by atoms with van der Waals surface area (Å²) < 4.78 is 37.9. The van der Waals surface area contributed by atoms with Crippen molar-refractivity contribution < 1.29 is 31.4 Å². The second-order valence-electron chi connectivity index (χ2n) is 6.13. The van der Waals surface area contributed by atoms with E-state index in [2.05, 4.69) is 0 Å². The van der Waals surface area contributed by atoms with E-state index in [-0.39, 0.29) is 30.1 Å². The van der Waals surface area contributed by atoms with Gasteiger partial charge in [0.15, 0.2) is 11.5 Å². The Morgan fingerprint density at radius 2 is 1.96 bits per heavy atom. The Hall–Kier alpha value is -2.06. The maximum Gasteiger partial charge on any atom is 0.449 e. The van der Waals surface area contributed by atoms with Crippen LogP contribution in [-0.4, -0.2) is 32.7 Å². The van der Waals surface area contributed by atoms with Gasteiger partial charge in [-0.25, -0.2) is 8.98 Å². The molecule has 0 aromatic heterocycles. The number of phenols is 1. The van der Waals surface area contributed by atoms with E-state index in [1.54, 1.807) is 27.7 Å². The van der Waals surface area contributed by atoms with E-state index in [9.17, 15) is 18.3 Å². The van der Waals surface area contributed by atoms with Crippen molar-refractivity contribution in [2.45, 2.75) is 27.7 Å². The average molecular weight is 358 g/mol. The summed E-state index contributed by atoms with van der Waals surface area (Å²) >= 11 is 0. The minimum atomic E-state index is -4.32. The fraction of sp³-hybridized carbons (Fsp3) is 0.438. The molecule has 0 heterocycles. The molecule has 0 amide bonds. The summed E-state index contributed by atoms with van der Waals surface area (Å²) in [5.74, 6) is -1.20. The summed E-state index contributed by atoms with van der Waals surface area (Å²) in [5, 5.41) is 9.73. The van der Waals surface area contributed by atoms with Gasteiger partial charge in [-0.3, -0.25) is 0 Å². The third kappa shape index (κ3) is 7.47. The molecule has 1 aromatic carbocycles. The number of carbonyl (C=O) groups excluding carboxylic acids is 1. The van der Waals surface area contributed by atoms with E-state index in [0.717, 1.165) is 0 Å². The van der Waals surface area contributed by atoms with Gasteiger partial charge in [0.25, 0.3) is 0 Å². The number of phenolic OH excluding ortho intramolecular Hbond substituents is 1. The molecule has 0 saturated carbocycles. The lowest BCUT2D eigenvalue weighted by Gasteiger charge is -2.17. The van der Waals surface area contributed by atoms with E-state index in [0.29, 0.717) is 5.56 Å². The van der Waals surface area contributed by atoms with Crippen LogP contribution in [0, 0.1) is 5.41 Å². The van der Waals surface area contributed by atoms with Crippen molar-refractivity contribution in [3.05, 3.63) is 29.8 Å². The first-order valence-corrected chi connectivity index (χ1v) is 8.62. The Bertz CT molecular complexity index is 700. The lowest BCUT2D eigenvalue weighted by atomic mass is 9.99. The van der Waals surface area contributed by atoms with Crippen LogP contribution in [0.5, 0.6) is 11.5 Å². The maximum atomic E-state index is 11.8. The van der Waals surface area contributed by atoms with Gasteiger partial charge in [0.2, 0.25) is 0 Å². The van der Waals surface area contributed by atoms with Crippen molar-refractivity contribution in [3.63, 3.8) is 0 Å². The van der Waals surface area contributed by atoms with Crippen molar-refractivity contribution in [2.24, 2.45) is 5.41 Å². The minimum absolute atomic E-state index is 0.0709. The largest absolute Gasteiger partial charge is 0.504 e. The van der Waals surface area contributed by atoms with Gasteiger partial charge in [0.05, 0.1) is 13.2 Å². The summed E-state index contributed by atoms with van der Waals surface area (Å²) in [6.07, 6.45) is 2.59. The number of esters is 1. The Morgan fingerprint density at radius 3 is 2.54 bits per heavy atom. The molecule has 0 atom stereocenters. The van der Waals surface area contributed by atoms with E-state index in [4.69, 9.17) is 13.1 Å². The maximum absolute atomic E-state index is 11.8. The first-order chi connectivity index (χ1) is 11.0. The zero-order valence-corrected chi connectivity index (χ0v) is 14.9. The highest BCUT2D eigenvalue weighted by molar-refractivity contribution is 7.82. The zero-order chi connectivity index (χ0) is 18.4. The first kappa shape index (κ1) is 20.0. The lowest BCUT2D eigenvalue weighted by molar-refractivity contribution is -0.137. The molecule has 0 unspecified atom stereocenters. The molecule has 24 heavy (non-hydrogen) atoms. The Kier molecular flexibility index (Phi) is 6.80. The number of rotatable bonds is 7. The summed E-state index contributed by atoms with van der Waals surface area (Å²) in [5.41, 5.74) is 0.0739. The van der Waals surface area contributed by atoms with Gasteiger partial charge < -0.3 is 14.0 Å². The topological polar surface area (TPSA) is 99.1 Å². The molecule has 0 aliphatic heterocycles. The van der Waals surface area contributed by atoms with E-state index >= 15 is 0 Å². The van der Waals surface area contributed by atoms with Gasteiger partial charge in [-0.05, 0) is 36.1 Å². The fourth-order valence-corrected chi connectivity index (χ4v) is 2.34. The summed E-state index contributed by atoms with van der Waals surface area (Å²) in [6.45, 7) is 7.28. The first-order valence-electron chi connectivity index (χ1n) is 7.29. The number of hydrogen-bond donors (Lipinski definition) is 1. The van der Waals surface area contributed by atoms with E-state index in [1.807, 2.05) is 0 Å². The molecule has 7 nitrogen and oxygen atoms in total. The van der Waals surface area contributed by atoms with E-state index in [1.165, 1.54) is 30.4 Å². The molecule has 134 valence electrons. The summed E-state index contributed by atoms with van der Waals surface area (Å²) in [6, 6.07) is 4.00. The zero-order valence-electron chi connectivity index (χ0n) is 14.1. The van der Waals surface area contributed by atoms with E-state index < -0.39 is 16.4 Å². The molecule has 0 aliphatic rings. The van der Waals surface area contributed by atoms with Crippen LogP contribution in [0.1, 0.15) is 33.3 Å². The van der Waals surface area contributed by atoms with Crippen molar-refractivity contribution in [2.75, 3.05) is 13.2 Å². The molecule has 1 N–H and O–H groups in total. The number of carbonyl (C=O) groups is 1. The third-order valence-corrected chi connectivity index (χ3v) is 3.30. The molecule has 0 spiro atoms. The molecule has 0 aliphatic carbocycles. The molecule has 8 heteroatoms. The van der Waals surface area contributed by atoms with Crippen molar-refractivity contribution in [1.29, 1.82) is 0 Å². The van der Waals surface area contributed by atoms with Gasteiger partial charge in [-0.1, -0.05) is 26.8 Å². The minimum Gasteiger partial charge on any atom is -0.504 e. The third-order valence-electron chi connectivity index (χ3n) is 2.51. The average Bonchev–Trinajstić information content (AvgIpc) is 2.46. The van der Waals surface area contributed by atoms with Gasteiger partial charge in [-0.15, -0.1) is 0 Å². The van der Waals surface area contributed by atoms with Gasteiger partial charge in [-0.2, -0.15) is 8.42 Å². The second-order valence-corrected chi connectivity index (χ2v) is 7.35. The molecule has 1 rings (SSSR count). The van der Waals surface area contributed by atoms with Crippen LogP contribution in [0.2, 0.25) is 0 Å². The number of benzene rings is 1. The van der Waals surface area contributed by atoms with Gasteiger partial charge >= 0.3 is 16.4 Å². The number of hydrogen-bond acceptors (Lipinski definition) is 7. The Labute approximate surface area is 142 Å². The summed E-state index contributed by atoms with van der Waals surface area (Å²) in [7, 11) is -4.32. The monoisotopic (exact) mass is 358 g/mol. The molecular formula is C16H22O7S. The van der Waals surface area contributed by atoms with Crippen LogP contribution in [0.25, 0.3) is 6.08 Å². The quantitative estimate of drug-likeness (QED) is 0.591. The molecular weight excluding hydrogens is 336 g/mol. The molecule has 1 aromatic rings. The Balaban J connectivity index is 2.88. The molecule has 0 radical (unpaired) electrons. The Morgan fingerprint density at radius 1 is 1.29 bits per heavy atom. The number of ether oxygens (including phenoxy) is 1. The highest BCUT2D eigenvalue weighted by Crippen LogP contribution is 2.29. The van der Waals surface area contributed by atoms with Crippen LogP contribution in [-0.2, 0) is 24.1 Å². The highest BCUT2D eigenvalue weighted by atomic mass is 32.3. The van der Waals surface area contributed by atoms with Crippen LogP contribution in [0.3, 0.4) is 0 Å². The van der Waals surface area contributed by atoms with Crippen molar-refractivity contribution in [3.8, 4) is 11.5 Å². The molecule has 0 fully saturated rings. The molecule has 0 saturated heterocycles. The predicted molar refractivity (Wildman–Crippen MR) is 88.7 cm³/mol. The van der Waals surface area contributed by atoms with Crippen LogP contribution >= 0.6 is 0 Å². The fourth-order valence-electron chi connectivity index (χ4n) is 1.44. The van der Waals surface area contributed by atoms with Gasteiger partial charge in [0, 0.05) is 6.08 Å². The SMILES string of the molecule is CCOC(=O)/C=C/c1ccc(O)c(OS(=O)(=O)OCC(C)(C)C)c1. The highest BCUT2D eigenvalue weighted by Gasteiger charge is 2.21. The molecule has 0 bridgehead atoms. The van der Waals surface area contributed by atoms with Crippen LogP contribution < -0.4 is 4.18 Å².